The molecule has 2 aromatic carbocycles. The number of aromatic nitrogens is 2. The first-order valence-corrected chi connectivity index (χ1v) is 12.1. The molecule has 0 bridgehead atoms. The van der Waals surface area contributed by atoms with Crippen LogP contribution in [0.2, 0.25) is 0 Å². The second kappa shape index (κ2) is 9.82. The molecule has 1 amide bonds. The highest BCUT2D eigenvalue weighted by Crippen LogP contribution is 2.34. The molecule has 0 unspecified atom stereocenters. The highest BCUT2D eigenvalue weighted by molar-refractivity contribution is 5.95. The predicted octanol–water partition coefficient (Wildman–Crippen LogP) is 4.50. The van der Waals surface area contributed by atoms with E-state index in [1.165, 1.54) is 5.56 Å². The maximum absolute atomic E-state index is 13.1. The molecule has 35 heavy (non-hydrogen) atoms. The van der Waals surface area contributed by atoms with Gasteiger partial charge in [-0.1, -0.05) is 31.2 Å². The first-order chi connectivity index (χ1) is 17.1. The van der Waals surface area contributed by atoms with E-state index in [-0.39, 0.29) is 18.7 Å². The van der Waals surface area contributed by atoms with Crippen LogP contribution in [0.1, 0.15) is 59.1 Å². The van der Waals surface area contributed by atoms with Crippen LogP contribution in [0.4, 0.5) is 0 Å². The normalized spacial score (nSPS) is 15.3. The summed E-state index contributed by atoms with van der Waals surface area (Å²) in [6.07, 6.45) is 2.43. The highest BCUT2D eigenvalue weighted by Gasteiger charge is 2.29. The molecule has 8 heteroatoms. The van der Waals surface area contributed by atoms with E-state index in [1.54, 1.807) is 25.1 Å². The molecule has 2 aliphatic heterocycles. The Kier molecular flexibility index (Phi) is 6.44. The van der Waals surface area contributed by atoms with Crippen molar-refractivity contribution in [2.45, 2.75) is 39.2 Å². The van der Waals surface area contributed by atoms with Crippen LogP contribution in [0.15, 0.2) is 48.5 Å². The number of ether oxygens (including phenoxy) is 3. The number of aryl methyl sites for hydroxylation is 1. The Labute approximate surface area is 204 Å². The van der Waals surface area contributed by atoms with Crippen LogP contribution < -0.4 is 9.47 Å². The number of nitrogens with zero attached hydrogens (tertiary/aromatic N) is 3. The van der Waals surface area contributed by atoms with Crippen LogP contribution in [-0.2, 0) is 11.2 Å². The Bertz CT molecular complexity index is 1230. The molecule has 0 aliphatic carbocycles. The van der Waals surface area contributed by atoms with E-state index in [4.69, 9.17) is 14.2 Å². The molecule has 5 rings (SSSR count). The molecule has 0 radical (unpaired) electrons. The number of esters is 1. The minimum Gasteiger partial charge on any atom is -0.461 e. The molecule has 0 atom stereocenters. The van der Waals surface area contributed by atoms with Gasteiger partial charge in [0.1, 0.15) is 0 Å². The number of piperidine rings is 1. The van der Waals surface area contributed by atoms with Gasteiger partial charge in [0.25, 0.3) is 5.91 Å². The van der Waals surface area contributed by atoms with Crippen molar-refractivity contribution >= 4 is 11.9 Å². The summed E-state index contributed by atoms with van der Waals surface area (Å²) in [6.45, 7) is 5.58. The quantitative estimate of drug-likeness (QED) is 0.489. The van der Waals surface area contributed by atoms with Gasteiger partial charge in [-0.2, -0.15) is 5.10 Å². The van der Waals surface area contributed by atoms with Crippen LogP contribution >= 0.6 is 0 Å². The average molecular weight is 476 g/mol. The SMILES string of the molecule is CCOC(=O)c1cc(-c2ccc(CC)cc2)n(C2CCN(C(=O)c3ccc4c(c3)OCO4)CC2)n1. The zero-order chi connectivity index (χ0) is 24.4. The number of fused-ring (bicyclic) bond motifs is 1. The fraction of sp³-hybridized carbons (Fsp3) is 0.370. The molecule has 3 heterocycles. The highest BCUT2D eigenvalue weighted by atomic mass is 16.7. The summed E-state index contributed by atoms with van der Waals surface area (Å²) in [5.74, 6) is 0.821. The number of hydrogen-bond donors (Lipinski definition) is 0. The first-order valence-electron chi connectivity index (χ1n) is 12.1. The van der Waals surface area contributed by atoms with Crippen molar-refractivity contribution in [1.29, 1.82) is 0 Å². The van der Waals surface area contributed by atoms with E-state index >= 15 is 0 Å². The molecule has 0 saturated carbocycles. The smallest absolute Gasteiger partial charge is 0.358 e. The predicted molar refractivity (Wildman–Crippen MR) is 130 cm³/mol. The van der Waals surface area contributed by atoms with Crippen molar-refractivity contribution in [3.05, 3.63) is 65.4 Å². The van der Waals surface area contributed by atoms with E-state index in [1.807, 2.05) is 15.6 Å². The summed E-state index contributed by atoms with van der Waals surface area (Å²) >= 11 is 0. The van der Waals surface area contributed by atoms with Gasteiger partial charge in [0.15, 0.2) is 17.2 Å². The molecule has 182 valence electrons. The zero-order valence-electron chi connectivity index (χ0n) is 20.0. The lowest BCUT2D eigenvalue weighted by Crippen LogP contribution is -2.39. The van der Waals surface area contributed by atoms with Crippen molar-refractivity contribution in [2.24, 2.45) is 0 Å². The first kappa shape index (κ1) is 23.0. The van der Waals surface area contributed by atoms with Gasteiger partial charge in [-0.05, 0) is 61.6 Å². The van der Waals surface area contributed by atoms with Gasteiger partial charge in [0.05, 0.1) is 18.3 Å². The van der Waals surface area contributed by atoms with Gasteiger partial charge in [-0.3, -0.25) is 9.48 Å². The summed E-state index contributed by atoms with van der Waals surface area (Å²) in [4.78, 5) is 27.4. The van der Waals surface area contributed by atoms with Crippen molar-refractivity contribution in [1.82, 2.24) is 14.7 Å². The van der Waals surface area contributed by atoms with E-state index in [0.29, 0.717) is 42.5 Å². The Hall–Kier alpha value is -3.81. The fourth-order valence-corrected chi connectivity index (χ4v) is 4.63. The Balaban J connectivity index is 1.35. The molecule has 0 N–H and O–H groups in total. The number of carbonyl (C=O) groups excluding carboxylic acids is 2. The van der Waals surface area contributed by atoms with Gasteiger partial charge < -0.3 is 19.1 Å². The molecule has 1 fully saturated rings. The van der Waals surface area contributed by atoms with E-state index in [0.717, 1.165) is 30.5 Å². The minimum atomic E-state index is -0.423. The molecule has 0 spiro atoms. The number of amides is 1. The van der Waals surface area contributed by atoms with E-state index in [2.05, 4.69) is 36.3 Å². The van der Waals surface area contributed by atoms with E-state index in [9.17, 15) is 9.59 Å². The third kappa shape index (κ3) is 4.60. The van der Waals surface area contributed by atoms with Crippen LogP contribution in [0.3, 0.4) is 0 Å². The second-order valence-electron chi connectivity index (χ2n) is 8.72. The van der Waals surface area contributed by atoms with Gasteiger partial charge in [-0.15, -0.1) is 0 Å². The van der Waals surface area contributed by atoms with Gasteiger partial charge in [-0.25, -0.2) is 4.79 Å². The lowest BCUT2D eigenvalue weighted by molar-refractivity contribution is 0.0517. The Morgan fingerprint density at radius 1 is 1.00 bits per heavy atom. The topological polar surface area (TPSA) is 82.9 Å². The molecule has 8 nitrogen and oxygen atoms in total. The van der Waals surface area contributed by atoms with Gasteiger partial charge in [0.2, 0.25) is 6.79 Å². The summed E-state index contributed by atoms with van der Waals surface area (Å²) in [7, 11) is 0. The monoisotopic (exact) mass is 475 g/mol. The molecule has 3 aromatic rings. The Morgan fingerprint density at radius 2 is 1.74 bits per heavy atom. The van der Waals surface area contributed by atoms with Crippen molar-refractivity contribution < 1.29 is 23.8 Å². The summed E-state index contributed by atoms with van der Waals surface area (Å²) < 4.78 is 17.9. The Morgan fingerprint density at radius 3 is 2.46 bits per heavy atom. The number of hydrogen-bond acceptors (Lipinski definition) is 6. The number of carbonyl (C=O) groups is 2. The van der Waals surface area contributed by atoms with Crippen molar-refractivity contribution in [2.75, 3.05) is 26.5 Å². The molecule has 2 aliphatic rings. The van der Waals surface area contributed by atoms with E-state index < -0.39 is 5.97 Å². The van der Waals surface area contributed by atoms with Crippen LogP contribution in [0.5, 0.6) is 11.5 Å². The fourth-order valence-electron chi connectivity index (χ4n) is 4.63. The summed E-state index contributed by atoms with van der Waals surface area (Å²) in [6, 6.07) is 15.5. The van der Waals surface area contributed by atoms with Gasteiger partial charge in [0, 0.05) is 18.7 Å². The zero-order valence-corrected chi connectivity index (χ0v) is 20.0. The lowest BCUT2D eigenvalue weighted by atomic mass is 10.0. The average Bonchev–Trinajstić information content (AvgIpc) is 3.56. The maximum Gasteiger partial charge on any atom is 0.358 e. The summed E-state index contributed by atoms with van der Waals surface area (Å²) in [5.41, 5.74) is 4.04. The van der Waals surface area contributed by atoms with Gasteiger partial charge >= 0.3 is 5.97 Å². The third-order valence-electron chi connectivity index (χ3n) is 6.60. The van der Waals surface area contributed by atoms with Crippen molar-refractivity contribution in [3.8, 4) is 22.8 Å². The van der Waals surface area contributed by atoms with Crippen molar-refractivity contribution in [3.63, 3.8) is 0 Å². The molecular formula is C27H29N3O5. The van der Waals surface area contributed by atoms with Crippen LogP contribution in [0.25, 0.3) is 11.3 Å². The van der Waals surface area contributed by atoms with Crippen LogP contribution in [-0.4, -0.2) is 53.0 Å². The second-order valence-corrected chi connectivity index (χ2v) is 8.72. The number of rotatable bonds is 6. The number of likely N-dealkylation sites (tertiary alicyclic amines) is 1. The standard InChI is InChI=1S/C27H29N3O5/c1-3-18-5-7-19(8-6-18)23-16-22(27(32)33-4-2)28-30(23)21-11-13-29(14-12-21)26(31)20-9-10-24-25(15-20)35-17-34-24/h5-10,15-16,21H,3-4,11-14,17H2,1-2H3. The maximum atomic E-state index is 13.1. The largest absolute Gasteiger partial charge is 0.461 e. The lowest BCUT2D eigenvalue weighted by Gasteiger charge is -2.33. The summed E-state index contributed by atoms with van der Waals surface area (Å²) in [5, 5.41) is 4.65. The number of benzene rings is 2. The third-order valence-corrected chi connectivity index (χ3v) is 6.60. The molecular weight excluding hydrogens is 446 g/mol. The van der Waals surface area contributed by atoms with Crippen LogP contribution in [0, 0.1) is 0 Å². The minimum absolute atomic E-state index is 0.0233. The molecule has 1 aromatic heterocycles. The molecule has 1 saturated heterocycles.